The Morgan fingerprint density at radius 1 is 1.04 bits per heavy atom. The minimum atomic E-state index is -0.321. The van der Waals surface area contributed by atoms with E-state index in [4.69, 9.17) is 9.47 Å². The molecular formula is C19H18N2O4S. The highest BCUT2D eigenvalue weighted by molar-refractivity contribution is 8.18. The second-order valence-corrected chi connectivity index (χ2v) is 6.41. The maximum atomic E-state index is 12.5. The van der Waals surface area contributed by atoms with Crippen molar-refractivity contribution in [2.75, 3.05) is 26.2 Å². The summed E-state index contributed by atoms with van der Waals surface area (Å²) in [5, 5.41) is 2.76. The van der Waals surface area contributed by atoms with Gasteiger partial charge in [0.2, 0.25) is 0 Å². The van der Waals surface area contributed by atoms with E-state index in [1.807, 2.05) is 30.3 Å². The topological polar surface area (TPSA) is 67.9 Å². The van der Waals surface area contributed by atoms with Crippen molar-refractivity contribution in [3.63, 3.8) is 0 Å². The number of hydrogen-bond donors (Lipinski definition) is 1. The molecule has 0 bridgehead atoms. The van der Waals surface area contributed by atoms with Gasteiger partial charge in [0, 0.05) is 0 Å². The average molecular weight is 370 g/mol. The van der Waals surface area contributed by atoms with Crippen LogP contribution in [0.25, 0.3) is 6.08 Å². The van der Waals surface area contributed by atoms with E-state index in [2.05, 4.69) is 5.32 Å². The number of benzene rings is 2. The number of carbonyl (C=O) groups is 2. The summed E-state index contributed by atoms with van der Waals surface area (Å²) >= 11 is 0.928. The zero-order valence-electron chi connectivity index (χ0n) is 14.4. The Balaban J connectivity index is 1.71. The number of rotatable bonds is 6. The highest BCUT2D eigenvalue weighted by atomic mass is 32.2. The van der Waals surface area contributed by atoms with Crippen molar-refractivity contribution in [2.45, 2.75) is 0 Å². The summed E-state index contributed by atoms with van der Waals surface area (Å²) in [6, 6.07) is 14.6. The zero-order chi connectivity index (χ0) is 18.5. The molecule has 0 spiro atoms. The van der Waals surface area contributed by atoms with Gasteiger partial charge in [0.25, 0.3) is 11.1 Å². The molecule has 1 aliphatic heterocycles. The monoisotopic (exact) mass is 370 g/mol. The number of ether oxygens (including phenoxy) is 2. The minimum absolute atomic E-state index is 0.0744. The lowest BCUT2D eigenvalue weighted by molar-refractivity contribution is -0.122. The van der Waals surface area contributed by atoms with E-state index in [0.29, 0.717) is 16.3 Å². The molecular weight excluding hydrogens is 352 g/mol. The summed E-state index contributed by atoms with van der Waals surface area (Å²) in [5.41, 5.74) is 1.54. The van der Waals surface area contributed by atoms with Gasteiger partial charge < -0.3 is 14.8 Å². The molecule has 26 heavy (non-hydrogen) atoms. The van der Waals surface area contributed by atoms with E-state index in [9.17, 15) is 9.59 Å². The van der Waals surface area contributed by atoms with E-state index >= 15 is 0 Å². The van der Waals surface area contributed by atoms with E-state index in [1.54, 1.807) is 38.5 Å². The molecule has 7 heteroatoms. The van der Waals surface area contributed by atoms with Crippen LogP contribution in [0.3, 0.4) is 0 Å². The van der Waals surface area contributed by atoms with Gasteiger partial charge in [-0.15, -0.1) is 0 Å². The van der Waals surface area contributed by atoms with Crippen LogP contribution in [0.4, 0.5) is 10.5 Å². The highest BCUT2D eigenvalue weighted by Crippen LogP contribution is 2.33. The Labute approximate surface area is 155 Å². The third kappa shape index (κ3) is 3.83. The molecule has 2 aromatic rings. The Kier molecular flexibility index (Phi) is 5.48. The lowest BCUT2D eigenvalue weighted by atomic mass is 10.2. The normalized spacial score (nSPS) is 15.5. The first-order chi connectivity index (χ1) is 12.6. The summed E-state index contributed by atoms with van der Waals surface area (Å²) in [6.07, 6.45) is 1.70. The Morgan fingerprint density at radius 2 is 1.77 bits per heavy atom. The predicted octanol–water partition coefficient (Wildman–Crippen LogP) is 3.81. The number of para-hydroxylation sites is 2. The molecule has 0 aliphatic carbocycles. The van der Waals surface area contributed by atoms with Crippen LogP contribution >= 0.6 is 11.8 Å². The molecule has 3 rings (SSSR count). The molecule has 0 radical (unpaired) electrons. The summed E-state index contributed by atoms with van der Waals surface area (Å²) in [5.74, 6) is 1.06. The fourth-order valence-electron chi connectivity index (χ4n) is 2.44. The molecule has 1 saturated heterocycles. The largest absolute Gasteiger partial charge is 0.497 e. The second-order valence-electron chi connectivity index (χ2n) is 5.42. The molecule has 1 N–H and O–H groups in total. The van der Waals surface area contributed by atoms with Crippen molar-refractivity contribution in [3.8, 4) is 11.5 Å². The molecule has 0 aromatic heterocycles. The minimum Gasteiger partial charge on any atom is -0.497 e. The van der Waals surface area contributed by atoms with Gasteiger partial charge in [0.15, 0.2) is 0 Å². The first kappa shape index (κ1) is 17.9. The van der Waals surface area contributed by atoms with Gasteiger partial charge in [-0.25, -0.2) is 0 Å². The molecule has 1 aliphatic rings. The van der Waals surface area contributed by atoms with Gasteiger partial charge in [-0.05, 0) is 47.7 Å². The SMILES string of the molecule is COc1ccc(C=C2SC(=O)N(CNc3ccccc3OC)C2=O)cc1. The number of nitrogens with one attached hydrogen (secondary N) is 1. The van der Waals surface area contributed by atoms with Crippen LogP contribution in [0.5, 0.6) is 11.5 Å². The summed E-state index contributed by atoms with van der Waals surface area (Å²) in [4.78, 5) is 26.3. The van der Waals surface area contributed by atoms with E-state index < -0.39 is 0 Å². The summed E-state index contributed by atoms with van der Waals surface area (Å²) in [6.45, 7) is 0.0744. The number of anilines is 1. The van der Waals surface area contributed by atoms with Gasteiger partial charge in [-0.1, -0.05) is 24.3 Å². The number of imide groups is 1. The van der Waals surface area contributed by atoms with Crippen LogP contribution in [0.1, 0.15) is 5.56 Å². The number of amides is 2. The maximum absolute atomic E-state index is 12.5. The van der Waals surface area contributed by atoms with Crippen molar-refractivity contribution in [1.82, 2.24) is 4.90 Å². The van der Waals surface area contributed by atoms with Crippen molar-refractivity contribution in [2.24, 2.45) is 0 Å². The first-order valence-electron chi connectivity index (χ1n) is 7.88. The lowest BCUT2D eigenvalue weighted by Crippen LogP contribution is -2.33. The molecule has 2 aromatic carbocycles. The van der Waals surface area contributed by atoms with Crippen LogP contribution in [0, 0.1) is 0 Å². The number of nitrogens with zero attached hydrogens (tertiary/aromatic N) is 1. The zero-order valence-corrected chi connectivity index (χ0v) is 15.2. The molecule has 134 valence electrons. The van der Waals surface area contributed by atoms with Crippen LogP contribution < -0.4 is 14.8 Å². The van der Waals surface area contributed by atoms with Gasteiger partial charge in [-0.2, -0.15) is 0 Å². The number of methoxy groups -OCH3 is 2. The third-order valence-electron chi connectivity index (χ3n) is 3.82. The summed E-state index contributed by atoms with van der Waals surface area (Å²) in [7, 11) is 3.16. The molecule has 0 atom stereocenters. The summed E-state index contributed by atoms with van der Waals surface area (Å²) < 4.78 is 10.4. The van der Waals surface area contributed by atoms with Crippen LogP contribution in [-0.4, -0.2) is 36.9 Å². The number of carbonyl (C=O) groups excluding carboxylic acids is 2. The maximum Gasteiger partial charge on any atom is 0.295 e. The van der Waals surface area contributed by atoms with E-state index in [0.717, 1.165) is 23.1 Å². The molecule has 2 amide bonds. The molecule has 0 unspecified atom stereocenters. The van der Waals surface area contributed by atoms with E-state index in [1.165, 1.54) is 4.90 Å². The Bertz CT molecular complexity index is 849. The van der Waals surface area contributed by atoms with Crippen LogP contribution in [-0.2, 0) is 4.79 Å². The highest BCUT2D eigenvalue weighted by Gasteiger charge is 2.34. The average Bonchev–Trinajstić information content (AvgIpc) is 2.94. The van der Waals surface area contributed by atoms with Gasteiger partial charge in [0.1, 0.15) is 11.5 Å². The fraction of sp³-hybridized carbons (Fsp3) is 0.158. The van der Waals surface area contributed by atoms with Gasteiger partial charge in [0.05, 0.1) is 31.5 Å². The van der Waals surface area contributed by atoms with Crippen molar-refractivity contribution in [1.29, 1.82) is 0 Å². The fourth-order valence-corrected chi connectivity index (χ4v) is 3.28. The standard InChI is InChI=1S/C19H18N2O4S/c1-24-14-9-7-13(8-10-14)11-17-18(22)21(19(23)26-17)12-20-15-5-3-4-6-16(15)25-2/h3-11,20H,12H2,1-2H3. The second kappa shape index (κ2) is 7.97. The molecule has 6 nitrogen and oxygen atoms in total. The Hall–Kier alpha value is -2.93. The number of hydrogen-bond acceptors (Lipinski definition) is 6. The Morgan fingerprint density at radius 3 is 2.46 bits per heavy atom. The van der Waals surface area contributed by atoms with E-state index in [-0.39, 0.29) is 17.8 Å². The predicted molar refractivity (Wildman–Crippen MR) is 102 cm³/mol. The smallest absolute Gasteiger partial charge is 0.295 e. The molecule has 1 heterocycles. The number of thioether (sulfide) groups is 1. The van der Waals surface area contributed by atoms with Crippen molar-refractivity contribution >= 4 is 34.7 Å². The van der Waals surface area contributed by atoms with Crippen molar-refractivity contribution < 1.29 is 19.1 Å². The third-order valence-corrected chi connectivity index (χ3v) is 4.73. The van der Waals surface area contributed by atoms with Gasteiger partial charge >= 0.3 is 0 Å². The van der Waals surface area contributed by atoms with Gasteiger partial charge in [-0.3, -0.25) is 14.5 Å². The lowest BCUT2D eigenvalue weighted by Gasteiger charge is -2.16. The van der Waals surface area contributed by atoms with Crippen LogP contribution in [0.2, 0.25) is 0 Å². The molecule has 0 saturated carbocycles. The van der Waals surface area contributed by atoms with Crippen molar-refractivity contribution in [3.05, 3.63) is 59.0 Å². The quantitative estimate of drug-likeness (QED) is 0.780. The molecule has 1 fully saturated rings. The van der Waals surface area contributed by atoms with Crippen LogP contribution in [0.15, 0.2) is 53.4 Å². The first-order valence-corrected chi connectivity index (χ1v) is 8.70.